The van der Waals surface area contributed by atoms with Crippen molar-refractivity contribution in [3.05, 3.63) is 0 Å². The Morgan fingerprint density at radius 1 is 1.22 bits per heavy atom. The predicted octanol–water partition coefficient (Wildman–Crippen LogP) is 1.45. The van der Waals surface area contributed by atoms with Crippen molar-refractivity contribution >= 4 is 5.91 Å². The van der Waals surface area contributed by atoms with E-state index >= 15 is 0 Å². The molecule has 0 saturated carbocycles. The van der Waals surface area contributed by atoms with Crippen LogP contribution in [0.3, 0.4) is 0 Å². The second kappa shape index (κ2) is 5.75. The van der Waals surface area contributed by atoms with Crippen LogP contribution in [0.5, 0.6) is 0 Å². The molecule has 0 aromatic rings. The Morgan fingerprint density at radius 3 is 2.44 bits per heavy atom. The molecule has 3 unspecified atom stereocenters. The molecule has 2 heterocycles. The van der Waals surface area contributed by atoms with Crippen molar-refractivity contribution < 1.29 is 4.79 Å². The SMILES string of the molecule is C#CC1CC(=O)N(CCN2CC(C)CC(C)C2)C1. The zero-order chi connectivity index (χ0) is 13.1. The lowest BCUT2D eigenvalue weighted by atomic mass is 9.92. The van der Waals surface area contributed by atoms with Crippen LogP contribution in [-0.4, -0.2) is 48.4 Å². The van der Waals surface area contributed by atoms with E-state index in [0.29, 0.717) is 6.42 Å². The number of nitrogens with zero attached hydrogens (tertiary/aromatic N) is 2. The number of rotatable bonds is 3. The monoisotopic (exact) mass is 248 g/mol. The summed E-state index contributed by atoms with van der Waals surface area (Å²) in [5.74, 6) is 4.63. The van der Waals surface area contributed by atoms with E-state index in [0.717, 1.165) is 31.5 Å². The molecule has 0 N–H and O–H groups in total. The Labute approximate surface area is 111 Å². The van der Waals surface area contributed by atoms with Gasteiger partial charge in [0.25, 0.3) is 0 Å². The first-order valence-corrected chi connectivity index (χ1v) is 7.04. The number of terminal acetylenes is 1. The molecule has 0 radical (unpaired) electrons. The zero-order valence-electron chi connectivity index (χ0n) is 11.6. The van der Waals surface area contributed by atoms with Gasteiger partial charge in [0.1, 0.15) is 0 Å². The van der Waals surface area contributed by atoms with Crippen LogP contribution in [0.2, 0.25) is 0 Å². The van der Waals surface area contributed by atoms with Gasteiger partial charge in [-0.2, -0.15) is 0 Å². The lowest BCUT2D eigenvalue weighted by molar-refractivity contribution is -0.127. The van der Waals surface area contributed by atoms with Crippen molar-refractivity contribution in [2.24, 2.45) is 17.8 Å². The van der Waals surface area contributed by atoms with Crippen molar-refractivity contribution in [2.45, 2.75) is 26.7 Å². The fourth-order valence-electron chi connectivity index (χ4n) is 3.34. The smallest absolute Gasteiger partial charge is 0.223 e. The lowest BCUT2D eigenvalue weighted by Crippen LogP contribution is -2.43. The summed E-state index contributed by atoms with van der Waals surface area (Å²) in [6.45, 7) is 9.58. The van der Waals surface area contributed by atoms with Gasteiger partial charge < -0.3 is 9.80 Å². The minimum Gasteiger partial charge on any atom is -0.340 e. The standard InChI is InChI=1S/C15H24N2O/c1-4-14-8-15(18)17(11-14)6-5-16-9-12(2)7-13(3)10-16/h1,12-14H,5-11H2,2-3H3. The maximum Gasteiger partial charge on any atom is 0.223 e. The number of carbonyl (C=O) groups excluding carboxylic acids is 1. The molecule has 2 rings (SSSR count). The van der Waals surface area contributed by atoms with Gasteiger partial charge in [0.2, 0.25) is 5.91 Å². The summed E-state index contributed by atoms with van der Waals surface area (Å²) in [5.41, 5.74) is 0. The highest BCUT2D eigenvalue weighted by Gasteiger charge is 2.29. The van der Waals surface area contributed by atoms with E-state index in [4.69, 9.17) is 6.42 Å². The molecule has 2 aliphatic rings. The molecule has 0 spiro atoms. The summed E-state index contributed by atoms with van der Waals surface area (Å²) in [6.07, 6.45) is 7.27. The number of piperidine rings is 1. The highest BCUT2D eigenvalue weighted by atomic mass is 16.2. The molecule has 3 atom stereocenters. The molecule has 1 amide bonds. The summed E-state index contributed by atoms with van der Waals surface area (Å²) >= 11 is 0. The Morgan fingerprint density at radius 2 is 1.89 bits per heavy atom. The Bertz CT molecular complexity index is 337. The number of likely N-dealkylation sites (tertiary alicyclic amines) is 2. The number of amides is 1. The first-order chi connectivity index (χ1) is 8.58. The number of carbonyl (C=O) groups is 1. The third kappa shape index (κ3) is 3.26. The van der Waals surface area contributed by atoms with Crippen LogP contribution in [0.25, 0.3) is 0 Å². The second-order valence-electron chi connectivity index (χ2n) is 6.11. The molecule has 18 heavy (non-hydrogen) atoms. The van der Waals surface area contributed by atoms with Crippen LogP contribution < -0.4 is 0 Å². The maximum absolute atomic E-state index is 11.8. The van der Waals surface area contributed by atoms with Gasteiger partial charge in [-0.25, -0.2) is 0 Å². The van der Waals surface area contributed by atoms with Crippen LogP contribution in [0.15, 0.2) is 0 Å². The molecule has 3 nitrogen and oxygen atoms in total. The van der Waals surface area contributed by atoms with Crippen LogP contribution >= 0.6 is 0 Å². The fraction of sp³-hybridized carbons (Fsp3) is 0.800. The van der Waals surface area contributed by atoms with Gasteiger partial charge in [0.15, 0.2) is 0 Å². The average Bonchev–Trinajstić information content (AvgIpc) is 2.66. The minimum atomic E-state index is 0.136. The molecule has 0 bridgehead atoms. The van der Waals surface area contributed by atoms with E-state index in [1.165, 1.54) is 19.5 Å². The van der Waals surface area contributed by atoms with Gasteiger partial charge in [-0.15, -0.1) is 12.3 Å². The molecule has 3 heteroatoms. The Balaban J connectivity index is 1.78. The normalized spacial score (nSPS) is 33.7. The lowest BCUT2D eigenvalue weighted by Gasteiger charge is -2.35. The van der Waals surface area contributed by atoms with Crippen LogP contribution in [0, 0.1) is 30.1 Å². The first-order valence-electron chi connectivity index (χ1n) is 7.04. The van der Waals surface area contributed by atoms with Crippen molar-refractivity contribution in [1.29, 1.82) is 0 Å². The summed E-state index contributed by atoms with van der Waals surface area (Å²) < 4.78 is 0. The molecule has 2 saturated heterocycles. The van der Waals surface area contributed by atoms with E-state index < -0.39 is 0 Å². The van der Waals surface area contributed by atoms with Gasteiger partial charge in [-0.05, 0) is 18.3 Å². The topological polar surface area (TPSA) is 23.6 Å². The maximum atomic E-state index is 11.8. The summed E-state index contributed by atoms with van der Waals surface area (Å²) in [7, 11) is 0. The molecular formula is C15H24N2O. The average molecular weight is 248 g/mol. The van der Waals surface area contributed by atoms with Gasteiger partial charge in [-0.3, -0.25) is 4.79 Å². The third-order valence-corrected chi connectivity index (χ3v) is 4.08. The Kier molecular flexibility index (Phi) is 4.29. The molecule has 100 valence electrons. The second-order valence-corrected chi connectivity index (χ2v) is 6.11. The van der Waals surface area contributed by atoms with Crippen molar-refractivity contribution in [3.63, 3.8) is 0 Å². The molecule has 2 aliphatic heterocycles. The largest absolute Gasteiger partial charge is 0.340 e. The van der Waals surface area contributed by atoms with Gasteiger partial charge in [0.05, 0.1) is 0 Å². The molecule has 0 aliphatic carbocycles. The number of hydrogen-bond acceptors (Lipinski definition) is 2. The Hall–Kier alpha value is -1.01. The third-order valence-electron chi connectivity index (χ3n) is 4.08. The van der Waals surface area contributed by atoms with E-state index in [2.05, 4.69) is 24.7 Å². The van der Waals surface area contributed by atoms with Crippen LogP contribution in [0.1, 0.15) is 26.7 Å². The summed E-state index contributed by atoms with van der Waals surface area (Å²) in [6, 6.07) is 0. The molecule has 0 aromatic heterocycles. The highest BCUT2D eigenvalue weighted by molar-refractivity contribution is 5.79. The minimum absolute atomic E-state index is 0.136. The van der Waals surface area contributed by atoms with Crippen molar-refractivity contribution in [2.75, 3.05) is 32.7 Å². The number of hydrogen-bond donors (Lipinski definition) is 0. The first kappa shape index (κ1) is 13.4. The predicted molar refractivity (Wildman–Crippen MR) is 72.9 cm³/mol. The summed E-state index contributed by atoms with van der Waals surface area (Å²) in [5, 5.41) is 0. The molecule has 2 fully saturated rings. The van der Waals surface area contributed by atoms with Gasteiger partial charge in [0, 0.05) is 45.1 Å². The van der Waals surface area contributed by atoms with Crippen LogP contribution in [0.4, 0.5) is 0 Å². The quantitative estimate of drug-likeness (QED) is 0.706. The van der Waals surface area contributed by atoms with E-state index in [1.54, 1.807) is 0 Å². The summed E-state index contributed by atoms with van der Waals surface area (Å²) in [4.78, 5) is 16.2. The molecular weight excluding hydrogens is 224 g/mol. The highest BCUT2D eigenvalue weighted by Crippen LogP contribution is 2.21. The fourth-order valence-corrected chi connectivity index (χ4v) is 3.34. The van der Waals surface area contributed by atoms with E-state index in [1.807, 2.05) is 4.90 Å². The molecule has 0 aromatic carbocycles. The van der Waals surface area contributed by atoms with Gasteiger partial charge in [-0.1, -0.05) is 13.8 Å². The van der Waals surface area contributed by atoms with E-state index in [-0.39, 0.29) is 11.8 Å². The van der Waals surface area contributed by atoms with E-state index in [9.17, 15) is 4.79 Å². The van der Waals surface area contributed by atoms with Crippen molar-refractivity contribution in [3.8, 4) is 12.3 Å². The zero-order valence-corrected chi connectivity index (χ0v) is 11.6. The van der Waals surface area contributed by atoms with Gasteiger partial charge >= 0.3 is 0 Å². The van der Waals surface area contributed by atoms with Crippen LogP contribution in [-0.2, 0) is 4.79 Å². The van der Waals surface area contributed by atoms with Crippen molar-refractivity contribution in [1.82, 2.24) is 9.80 Å².